The van der Waals surface area contributed by atoms with Gasteiger partial charge in [0, 0.05) is 17.8 Å². The molecule has 2 heterocycles. The van der Waals surface area contributed by atoms with Crippen molar-refractivity contribution in [3.63, 3.8) is 0 Å². The fourth-order valence-corrected chi connectivity index (χ4v) is 3.19. The first-order valence-corrected chi connectivity index (χ1v) is 10.8. The van der Waals surface area contributed by atoms with Gasteiger partial charge in [-0.2, -0.15) is 15.4 Å². The number of fused-ring (bicyclic) bond motifs is 1. The normalized spacial score (nSPS) is 12.1. The number of carbonyl (C=O) groups excluding carboxylic acids is 1. The van der Waals surface area contributed by atoms with Gasteiger partial charge in [-0.15, -0.1) is 0 Å². The smallest absolute Gasteiger partial charge is 0.227 e. The second-order valence-corrected chi connectivity index (χ2v) is 7.58. The van der Waals surface area contributed by atoms with Crippen LogP contribution in [0.2, 0.25) is 0 Å². The number of unbranched alkanes of at least 4 members (excludes halogenated alkanes) is 2. The monoisotopic (exact) mass is 409 g/mol. The topological polar surface area (TPSA) is 92.8 Å². The van der Waals surface area contributed by atoms with E-state index in [9.17, 15) is 4.79 Å². The number of hydrogen-bond donors (Lipinski definition) is 2. The summed E-state index contributed by atoms with van der Waals surface area (Å²) < 4.78 is 5.93. The van der Waals surface area contributed by atoms with Crippen LogP contribution in [0, 0.1) is 0 Å². The van der Waals surface area contributed by atoms with Gasteiger partial charge in [0.05, 0.1) is 12.5 Å². The van der Waals surface area contributed by atoms with Crippen molar-refractivity contribution in [1.29, 1.82) is 0 Å². The Balaban J connectivity index is 1.66. The van der Waals surface area contributed by atoms with Gasteiger partial charge in [-0.05, 0) is 49.9 Å². The Kier molecular flexibility index (Phi) is 7.76. The lowest BCUT2D eigenvalue weighted by Crippen LogP contribution is -2.28. The van der Waals surface area contributed by atoms with E-state index < -0.39 is 0 Å². The Morgan fingerprint density at radius 3 is 2.70 bits per heavy atom. The van der Waals surface area contributed by atoms with E-state index in [1.807, 2.05) is 37.3 Å². The molecular weight excluding hydrogens is 378 g/mol. The molecule has 0 aliphatic heterocycles. The summed E-state index contributed by atoms with van der Waals surface area (Å²) in [5, 5.41) is 13.8. The van der Waals surface area contributed by atoms with E-state index in [1.54, 1.807) is 0 Å². The van der Waals surface area contributed by atoms with Crippen LogP contribution in [-0.2, 0) is 17.8 Å². The highest BCUT2D eigenvalue weighted by Crippen LogP contribution is 2.21. The summed E-state index contributed by atoms with van der Waals surface area (Å²) in [6.07, 6.45) is 5.21. The average molecular weight is 410 g/mol. The average Bonchev–Trinajstić information content (AvgIpc) is 3.24. The fraction of sp³-hybridized carbons (Fsp3) is 0.478. The van der Waals surface area contributed by atoms with Crippen molar-refractivity contribution < 1.29 is 9.53 Å². The number of nitrogens with zero attached hydrogens (tertiary/aromatic N) is 3. The number of pyridine rings is 1. The van der Waals surface area contributed by atoms with E-state index in [0.29, 0.717) is 19.0 Å². The molecule has 1 aromatic carbocycles. The van der Waals surface area contributed by atoms with Crippen molar-refractivity contribution in [3.8, 4) is 5.88 Å². The molecular formula is C23H31N5O2. The van der Waals surface area contributed by atoms with Gasteiger partial charge in [0.2, 0.25) is 11.8 Å². The van der Waals surface area contributed by atoms with Crippen molar-refractivity contribution in [1.82, 2.24) is 25.7 Å². The Hall–Kier alpha value is -2.96. The standard InChI is InChI=1S/C23H31N5O2/c1-4-6-8-19-11-9-18(23(25-19)30-13-7-5-2)15-24-22(29)16(3)17-10-12-20-21(14-17)27-28-26-20/h9-12,14,16H,4-8,13,15H2,1-3H3,(H,24,29)(H,26,27,28). The van der Waals surface area contributed by atoms with Gasteiger partial charge in [-0.3, -0.25) is 4.79 Å². The lowest BCUT2D eigenvalue weighted by atomic mass is 9.99. The van der Waals surface area contributed by atoms with Crippen molar-refractivity contribution >= 4 is 16.9 Å². The summed E-state index contributed by atoms with van der Waals surface area (Å²) in [5.74, 6) is 0.286. The Labute approximate surface area is 177 Å². The highest BCUT2D eigenvalue weighted by Gasteiger charge is 2.17. The molecule has 0 aliphatic rings. The molecule has 2 N–H and O–H groups in total. The van der Waals surface area contributed by atoms with Crippen LogP contribution in [-0.4, -0.2) is 32.9 Å². The number of aryl methyl sites for hydroxylation is 1. The minimum atomic E-state index is -0.299. The molecule has 160 valence electrons. The van der Waals surface area contributed by atoms with Gasteiger partial charge in [0.25, 0.3) is 0 Å². The molecule has 0 saturated heterocycles. The first-order chi connectivity index (χ1) is 14.6. The van der Waals surface area contributed by atoms with E-state index in [-0.39, 0.29) is 11.8 Å². The third-order valence-corrected chi connectivity index (χ3v) is 5.21. The van der Waals surface area contributed by atoms with Gasteiger partial charge in [0.15, 0.2) is 0 Å². The molecule has 7 heteroatoms. The van der Waals surface area contributed by atoms with Crippen LogP contribution >= 0.6 is 0 Å². The summed E-state index contributed by atoms with van der Waals surface area (Å²) in [6.45, 7) is 7.21. The zero-order valence-corrected chi connectivity index (χ0v) is 18.1. The number of nitrogens with one attached hydrogen (secondary N) is 2. The summed E-state index contributed by atoms with van der Waals surface area (Å²) >= 11 is 0. The fourth-order valence-electron chi connectivity index (χ4n) is 3.19. The highest BCUT2D eigenvalue weighted by molar-refractivity contribution is 5.85. The maximum Gasteiger partial charge on any atom is 0.227 e. The predicted octanol–water partition coefficient (Wildman–Crippen LogP) is 4.29. The maximum absolute atomic E-state index is 12.8. The summed E-state index contributed by atoms with van der Waals surface area (Å²) in [5.41, 5.74) is 4.38. The molecule has 0 aliphatic carbocycles. The van der Waals surface area contributed by atoms with Crippen molar-refractivity contribution in [2.24, 2.45) is 0 Å². The number of aromatic nitrogens is 4. The van der Waals surface area contributed by atoms with E-state index >= 15 is 0 Å². The van der Waals surface area contributed by atoms with Crippen LogP contribution in [0.15, 0.2) is 30.3 Å². The third kappa shape index (κ3) is 5.55. The van der Waals surface area contributed by atoms with Gasteiger partial charge >= 0.3 is 0 Å². The second-order valence-electron chi connectivity index (χ2n) is 7.58. The van der Waals surface area contributed by atoms with Crippen molar-refractivity contribution in [3.05, 3.63) is 47.2 Å². The lowest BCUT2D eigenvalue weighted by molar-refractivity contribution is -0.122. The quantitative estimate of drug-likeness (QED) is 0.461. The predicted molar refractivity (Wildman–Crippen MR) is 117 cm³/mol. The first kappa shape index (κ1) is 21.7. The Morgan fingerprint density at radius 2 is 1.90 bits per heavy atom. The van der Waals surface area contributed by atoms with Gasteiger partial charge in [-0.1, -0.05) is 38.8 Å². The number of aromatic amines is 1. The highest BCUT2D eigenvalue weighted by atomic mass is 16.5. The molecule has 0 saturated carbocycles. The zero-order valence-electron chi connectivity index (χ0n) is 18.1. The second kappa shape index (κ2) is 10.7. The van der Waals surface area contributed by atoms with E-state index in [2.05, 4.69) is 34.6 Å². The van der Waals surface area contributed by atoms with Gasteiger partial charge in [0.1, 0.15) is 11.0 Å². The molecule has 3 aromatic rings. The number of hydrogen-bond acceptors (Lipinski definition) is 5. The van der Waals surface area contributed by atoms with Crippen LogP contribution in [0.3, 0.4) is 0 Å². The number of H-pyrrole nitrogens is 1. The third-order valence-electron chi connectivity index (χ3n) is 5.21. The lowest BCUT2D eigenvalue weighted by Gasteiger charge is -2.15. The van der Waals surface area contributed by atoms with Gasteiger partial charge < -0.3 is 10.1 Å². The zero-order chi connectivity index (χ0) is 21.3. The van der Waals surface area contributed by atoms with E-state index in [0.717, 1.165) is 60.0 Å². The molecule has 1 atom stereocenters. The molecule has 0 radical (unpaired) electrons. The number of ether oxygens (including phenoxy) is 1. The summed E-state index contributed by atoms with van der Waals surface area (Å²) in [6, 6.07) is 9.74. The van der Waals surface area contributed by atoms with Crippen LogP contribution in [0.1, 0.15) is 69.2 Å². The van der Waals surface area contributed by atoms with Crippen LogP contribution in [0.5, 0.6) is 5.88 Å². The molecule has 0 fully saturated rings. The minimum Gasteiger partial charge on any atom is -0.477 e. The van der Waals surface area contributed by atoms with E-state index in [4.69, 9.17) is 9.72 Å². The SMILES string of the molecule is CCCCOc1nc(CCCC)ccc1CNC(=O)C(C)c1ccc2n[nH]nc2c1. The van der Waals surface area contributed by atoms with Gasteiger partial charge in [-0.25, -0.2) is 4.98 Å². The number of carbonyl (C=O) groups is 1. The van der Waals surface area contributed by atoms with Crippen LogP contribution in [0.4, 0.5) is 0 Å². The van der Waals surface area contributed by atoms with E-state index in [1.165, 1.54) is 0 Å². The molecule has 0 spiro atoms. The molecule has 1 amide bonds. The van der Waals surface area contributed by atoms with Crippen LogP contribution in [0.25, 0.3) is 11.0 Å². The minimum absolute atomic E-state index is 0.0487. The molecule has 0 bridgehead atoms. The first-order valence-electron chi connectivity index (χ1n) is 10.8. The number of rotatable bonds is 11. The molecule has 2 aromatic heterocycles. The number of amides is 1. The van der Waals surface area contributed by atoms with Crippen LogP contribution < -0.4 is 10.1 Å². The molecule has 7 nitrogen and oxygen atoms in total. The summed E-state index contributed by atoms with van der Waals surface area (Å²) in [7, 11) is 0. The van der Waals surface area contributed by atoms with Crippen molar-refractivity contribution in [2.45, 2.75) is 65.3 Å². The summed E-state index contributed by atoms with van der Waals surface area (Å²) in [4.78, 5) is 17.5. The Morgan fingerprint density at radius 1 is 1.10 bits per heavy atom. The van der Waals surface area contributed by atoms with Crippen molar-refractivity contribution in [2.75, 3.05) is 6.61 Å². The molecule has 30 heavy (non-hydrogen) atoms. The maximum atomic E-state index is 12.8. The Bertz CT molecular complexity index is 969. The molecule has 1 unspecified atom stereocenters. The molecule has 3 rings (SSSR count). The number of benzene rings is 1. The largest absolute Gasteiger partial charge is 0.477 e.